The Morgan fingerprint density at radius 2 is 1.73 bits per heavy atom. The fourth-order valence-corrected chi connectivity index (χ4v) is 2.23. The summed E-state index contributed by atoms with van der Waals surface area (Å²) in [6, 6.07) is 15.2. The third-order valence-corrected chi connectivity index (χ3v) is 3.36. The van der Waals surface area contributed by atoms with Gasteiger partial charge in [-0.25, -0.2) is 4.68 Å². The molecular weight excluding hydrogens is 348 g/mol. The molecule has 0 aliphatic heterocycles. The molecule has 2 aromatic carbocycles. The largest absolute Gasteiger partial charge is 0.490 e. The van der Waals surface area contributed by atoms with Crippen molar-refractivity contribution in [2.75, 3.05) is 13.2 Å². The normalized spacial score (nSPS) is 10.4. The molecule has 3 rings (SSSR count). The maximum atomic E-state index is 5.63. The van der Waals surface area contributed by atoms with Crippen molar-refractivity contribution in [1.29, 1.82) is 0 Å². The number of nitrogens with zero attached hydrogens (tertiary/aromatic N) is 4. The molecule has 0 spiro atoms. The molecular formula is C15H13BrN4O2. The fourth-order valence-electron chi connectivity index (χ4n) is 1.85. The Bertz CT molecular complexity index is 717. The Balaban J connectivity index is 1.48. The SMILES string of the molecule is Brc1cccc(OCCOc2ccc(-n3cnnn3)cc2)c1. The monoisotopic (exact) mass is 360 g/mol. The van der Waals surface area contributed by atoms with E-state index in [0.29, 0.717) is 13.2 Å². The van der Waals surface area contributed by atoms with Crippen molar-refractivity contribution < 1.29 is 9.47 Å². The summed E-state index contributed by atoms with van der Waals surface area (Å²) >= 11 is 3.40. The molecule has 0 unspecified atom stereocenters. The number of hydrogen-bond acceptors (Lipinski definition) is 5. The number of ether oxygens (including phenoxy) is 2. The van der Waals surface area contributed by atoms with Crippen LogP contribution in [0.4, 0.5) is 0 Å². The minimum Gasteiger partial charge on any atom is -0.490 e. The lowest BCUT2D eigenvalue weighted by molar-refractivity contribution is 0.217. The summed E-state index contributed by atoms with van der Waals surface area (Å²) in [4.78, 5) is 0. The molecule has 1 aromatic heterocycles. The second-order valence-electron chi connectivity index (χ2n) is 4.40. The van der Waals surface area contributed by atoms with E-state index in [-0.39, 0.29) is 0 Å². The summed E-state index contributed by atoms with van der Waals surface area (Å²) in [6.45, 7) is 0.946. The highest BCUT2D eigenvalue weighted by atomic mass is 79.9. The van der Waals surface area contributed by atoms with Gasteiger partial charge in [-0.05, 0) is 52.9 Å². The summed E-state index contributed by atoms with van der Waals surface area (Å²) in [5.41, 5.74) is 0.878. The van der Waals surface area contributed by atoms with Crippen LogP contribution in [0.1, 0.15) is 0 Å². The van der Waals surface area contributed by atoms with Gasteiger partial charge in [0.05, 0.1) is 5.69 Å². The number of rotatable bonds is 6. The summed E-state index contributed by atoms with van der Waals surface area (Å²) < 4.78 is 13.8. The minimum atomic E-state index is 0.469. The van der Waals surface area contributed by atoms with Gasteiger partial charge < -0.3 is 9.47 Å². The van der Waals surface area contributed by atoms with Gasteiger partial charge in [0, 0.05) is 4.47 Å². The van der Waals surface area contributed by atoms with Crippen molar-refractivity contribution in [3.05, 3.63) is 59.3 Å². The van der Waals surface area contributed by atoms with Gasteiger partial charge in [-0.1, -0.05) is 22.0 Å². The van der Waals surface area contributed by atoms with Gasteiger partial charge in [0.25, 0.3) is 0 Å². The van der Waals surface area contributed by atoms with Crippen LogP contribution in [0.5, 0.6) is 11.5 Å². The van der Waals surface area contributed by atoms with E-state index in [1.807, 2.05) is 48.5 Å². The highest BCUT2D eigenvalue weighted by Gasteiger charge is 2.00. The van der Waals surface area contributed by atoms with Crippen LogP contribution in [-0.2, 0) is 0 Å². The Kier molecular flexibility index (Phi) is 4.65. The first kappa shape index (κ1) is 14.5. The Labute approximate surface area is 135 Å². The zero-order valence-electron chi connectivity index (χ0n) is 11.6. The lowest BCUT2D eigenvalue weighted by Crippen LogP contribution is -2.09. The Morgan fingerprint density at radius 1 is 0.955 bits per heavy atom. The standard InChI is InChI=1S/C15H13BrN4O2/c16-12-2-1-3-15(10-12)22-9-8-21-14-6-4-13(5-7-14)20-11-17-18-19-20/h1-7,10-11H,8-9H2. The van der Waals surface area contributed by atoms with Crippen LogP contribution in [0.2, 0.25) is 0 Å². The molecule has 0 saturated heterocycles. The molecule has 0 amide bonds. The molecule has 0 bridgehead atoms. The molecule has 0 fully saturated rings. The molecule has 0 radical (unpaired) electrons. The van der Waals surface area contributed by atoms with Gasteiger partial charge in [0.2, 0.25) is 0 Å². The van der Waals surface area contributed by atoms with Crippen LogP contribution in [0.3, 0.4) is 0 Å². The van der Waals surface area contributed by atoms with Crippen molar-refractivity contribution >= 4 is 15.9 Å². The molecule has 1 heterocycles. The molecule has 6 nitrogen and oxygen atoms in total. The predicted molar refractivity (Wildman–Crippen MR) is 84.3 cm³/mol. The third-order valence-electron chi connectivity index (χ3n) is 2.87. The van der Waals surface area contributed by atoms with E-state index in [1.54, 1.807) is 11.0 Å². The Morgan fingerprint density at radius 3 is 2.41 bits per heavy atom. The molecule has 0 N–H and O–H groups in total. The van der Waals surface area contributed by atoms with E-state index in [1.165, 1.54) is 0 Å². The molecule has 0 aliphatic carbocycles. The van der Waals surface area contributed by atoms with Crippen molar-refractivity contribution in [1.82, 2.24) is 20.2 Å². The van der Waals surface area contributed by atoms with Gasteiger partial charge in [0.1, 0.15) is 31.0 Å². The van der Waals surface area contributed by atoms with Crippen LogP contribution in [-0.4, -0.2) is 33.4 Å². The van der Waals surface area contributed by atoms with E-state index >= 15 is 0 Å². The lowest BCUT2D eigenvalue weighted by atomic mass is 10.3. The van der Waals surface area contributed by atoms with E-state index in [9.17, 15) is 0 Å². The number of benzene rings is 2. The first-order chi connectivity index (χ1) is 10.8. The Hall–Kier alpha value is -2.41. The van der Waals surface area contributed by atoms with E-state index in [0.717, 1.165) is 21.7 Å². The van der Waals surface area contributed by atoms with Crippen LogP contribution >= 0.6 is 15.9 Å². The van der Waals surface area contributed by atoms with E-state index < -0.39 is 0 Å². The van der Waals surface area contributed by atoms with Crippen LogP contribution in [0.15, 0.2) is 59.3 Å². The van der Waals surface area contributed by atoms with Crippen LogP contribution in [0.25, 0.3) is 5.69 Å². The fraction of sp³-hybridized carbons (Fsp3) is 0.133. The molecule has 0 aliphatic rings. The number of hydrogen-bond donors (Lipinski definition) is 0. The van der Waals surface area contributed by atoms with Crippen molar-refractivity contribution in [3.63, 3.8) is 0 Å². The summed E-state index contributed by atoms with van der Waals surface area (Å²) in [5, 5.41) is 11.0. The third kappa shape index (κ3) is 3.82. The quantitative estimate of drug-likeness (QED) is 0.632. The van der Waals surface area contributed by atoms with Crippen LogP contribution < -0.4 is 9.47 Å². The molecule has 7 heteroatoms. The maximum absolute atomic E-state index is 5.63. The van der Waals surface area contributed by atoms with Crippen LogP contribution in [0, 0.1) is 0 Å². The number of halogens is 1. The zero-order valence-corrected chi connectivity index (χ0v) is 13.2. The average Bonchev–Trinajstić information content (AvgIpc) is 3.07. The van der Waals surface area contributed by atoms with Crippen molar-refractivity contribution in [2.45, 2.75) is 0 Å². The first-order valence-corrected chi connectivity index (χ1v) is 7.45. The molecule has 3 aromatic rings. The topological polar surface area (TPSA) is 62.1 Å². The van der Waals surface area contributed by atoms with Gasteiger partial charge in [-0.3, -0.25) is 0 Å². The molecule has 112 valence electrons. The lowest BCUT2D eigenvalue weighted by Gasteiger charge is -2.09. The van der Waals surface area contributed by atoms with E-state index in [4.69, 9.17) is 9.47 Å². The highest BCUT2D eigenvalue weighted by Crippen LogP contribution is 2.18. The van der Waals surface area contributed by atoms with Gasteiger partial charge >= 0.3 is 0 Å². The first-order valence-electron chi connectivity index (χ1n) is 6.66. The van der Waals surface area contributed by atoms with E-state index in [2.05, 4.69) is 31.5 Å². The second-order valence-corrected chi connectivity index (χ2v) is 5.32. The maximum Gasteiger partial charge on any atom is 0.143 e. The number of aromatic nitrogens is 4. The van der Waals surface area contributed by atoms with Crippen molar-refractivity contribution in [3.8, 4) is 17.2 Å². The average molecular weight is 361 g/mol. The second kappa shape index (κ2) is 7.04. The van der Waals surface area contributed by atoms with Gasteiger partial charge in [-0.2, -0.15) is 0 Å². The molecule has 22 heavy (non-hydrogen) atoms. The molecule has 0 saturated carbocycles. The van der Waals surface area contributed by atoms with Gasteiger partial charge in [-0.15, -0.1) is 5.10 Å². The summed E-state index contributed by atoms with van der Waals surface area (Å²) in [5.74, 6) is 1.58. The minimum absolute atomic E-state index is 0.469. The summed E-state index contributed by atoms with van der Waals surface area (Å²) in [7, 11) is 0. The zero-order chi connectivity index (χ0) is 15.2. The van der Waals surface area contributed by atoms with Crippen molar-refractivity contribution in [2.24, 2.45) is 0 Å². The number of tetrazole rings is 1. The highest BCUT2D eigenvalue weighted by molar-refractivity contribution is 9.10. The summed E-state index contributed by atoms with van der Waals surface area (Å²) in [6.07, 6.45) is 1.54. The molecule has 0 atom stereocenters. The van der Waals surface area contributed by atoms with Gasteiger partial charge in [0.15, 0.2) is 0 Å². The smallest absolute Gasteiger partial charge is 0.143 e. The predicted octanol–water partition coefficient (Wildman–Crippen LogP) is 2.88.